The molecule has 4 N–H and O–H groups in total. The summed E-state index contributed by atoms with van der Waals surface area (Å²) in [6.07, 6.45) is 3.89. The second-order valence-corrected chi connectivity index (χ2v) is 16.7. The van der Waals surface area contributed by atoms with Gasteiger partial charge in [-0.3, -0.25) is 0 Å². The van der Waals surface area contributed by atoms with Crippen LogP contribution in [0.15, 0.2) is 60.7 Å². The van der Waals surface area contributed by atoms with E-state index in [4.69, 9.17) is 0 Å². The molecule has 4 atom stereocenters. The van der Waals surface area contributed by atoms with Crippen molar-refractivity contribution in [2.24, 2.45) is 5.92 Å². The van der Waals surface area contributed by atoms with Gasteiger partial charge in [0.2, 0.25) is 0 Å². The topological polar surface area (TPSA) is 48.1 Å². The number of unbranched alkanes of at least 4 members (excludes halogenated alkanes) is 1. The third kappa shape index (κ3) is 13.0. The summed E-state index contributed by atoms with van der Waals surface area (Å²) in [5, 5.41) is 15.5. The summed E-state index contributed by atoms with van der Waals surface area (Å²) in [7, 11) is -0.579. The van der Waals surface area contributed by atoms with Crippen molar-refractivity contribution in [2.75, 3.05) is 63.1 Å². The number of benzene rings is 2. The van der Waals surface area contributed by atoms with Crippen molar-refractivity contribution in [3.05, 3.63) is 71.8 Å². The fourth-order valence-corrected chi connectivity index (χ4v) is 10.7. The molecule has 1 aliphatic heterocycles. The van der Waals surface area contributed by atoms with Crippen molar-refractivity contribution in [1.82, 2.24) is 21.3 Å². The molecule has 0 spiro atoms. The van der Waals surface area contributed by atoms with Gasteiger partial charge in [-0.25, -0.2) is 10.0 Å². The van der Waals surface area contributed by atoms with Crippen LogP contribution >= 0.6 is 21.8 Å². The van der Waals surface area contributed by atoms with Crippen molar-refractivity contribution < 1.29 is 0 Å². The lowest BCUT2D eigenvalue weighted by atomic mass is 10.1. The third-order valence-electron chi connectivity index (χ3n) is 8.00. The highest BCUT2D eigenvalue weighted by molar-refractivity contribution is 8.33. The summed E-state index contributed by atoms with van der Waals surface area (Å²) in [6, 6.07) is 22.6. The molecular formula is C33H56N4S2. The Balaban J connectivity index is 1.16. The molecule has 4 nitrogen and oxygen atoms in total. The van der Waals surface area contributed by atoms with Gasteiger partial charge in [-0.1, -0.05) is 74.5 Å². The van der Waals surface area contributed by atoms with Gasteiger partial charge in [-0.2, -0.15) is 11.8 Å². The Morgan fingerprint density at radius 2 is 1.62 bits per heavy atom. The summed E-state index contributed by atoms with van der Waals surface area (Å²) < 4.78 is 0. The summed E-state index contributed by atoms with van der Waals surface area (Å²) in [6.45, 7) is 15.1. The van der Waals surface area contributed by atoms with Gasteiger partial charge in [-0.05, 0) is 79.6 Å². The van der Waals surface area contributed by atoms with E-state index < -0.39 is 10.0 Å². The Bertz CT molecular complexity index is 869. The van der Waals surface area contributed by atoms with Crippen LogP contribution in [0.2, 0.25) is 0 Å². The fraction of sp³-hybridized carbons (Fsp3) is 0.636. The molecule has 0 amide bonds. The van der Waals surface area contributed by atoms with Gasteiger partial charge < -0.3 is 21.3 Å². The van der Waals surface area contributed by atoms with Gasteiger partial charge in [0.15, 0.2) is 0 Å². The monoisotopic (exact) mass is 572 g/mol. The van der Waals surface area contributed by atoms with Crippen LogP contribution in [-0.4, -0.2) is 74.4 Å². The molecular weight excluding hydrogens is 517 g/mol. The van der Waals surface area contributed by atoms with E-state index in [2.05, 4.69) is 103 Å². The van der Waals surface area contributed by atoms with Crippen molar-refractivity contribution in [3.63, 3.8) is 0 Å². The third-order valence-corrected chi connectivity index (χ3v) is 14.2. The highest BCUT2D eigenvalue weighted by Gasteiger charge is 2.32. The van der Waals surface area contributed by atoms with Gasteiger partial charge in [0.05, 0.1) is 0 Å². The van der Waals surface area contributed by atoms with E-state index in [1.807, 2.05) is 11.8 Å². The first kappa shape index (κ1) is 32.5. The van der Waals surface area contributed by atoms with Gasteiger partial charge in [0, 0.05) is 49.5 Å². The minimum Gasteiger partial charge on any atom is -0.315 e. The molecule has 2 aromatic rings. The van der Waals surface area contributed by atoms with Crippen LogP contribution in [0, 0.1) is 5.92 Å². The lowest BCUT2D eigenvalue weighted by Crippen LogP contribution is -2.41. The van der Waals surface area contributed by atoms with E-state index in [1.165, 1.54) is 60.9 Å². The SMILES string of the molecule is CC(CCNC(C)CSCc1ccccc1)CNCCNCCCCS1(Cc2ccccc2)CCNCC1C. The van der Waals surface area contributed by atoms with Crippen LogP contribution in [-0.2, 0) is 11.5 Å². The molecule has 1 aliphatic rings. The van der Waals surface area contributed by atoms with Crippen molar-refractivity contribution >= 4 is 21.8 Å². The van der Waals surface area contributed by atoms with Gasteiger partial charge >= 0.3 is 0 Å². The average Bonchev–Trinajstić information content (AvgIpc) is 2.95. The zero-order valence-corrected chi connectivity index (χ0v) is 26.6. The van der Waals surface area contributed by atoms with Crippen LogP contribution in [0.5, 0.6) is 0 Å². The molecule has 1 saturated heterocycles. The maximum Gasteiger partial charge on any atom is 0.0185 e. The molecule has 4 unspecified atom stereocenters. The van der Waals surface area contributed by atoms with Crippen LogP contribution in [0.3, 0.4) is 0 Å². The standard InChI is InChI=1S/C33H56N4S2/c1-29(16-18-37-30(2)26-38-27-32-12-6-4-7-13-32)24-35-20-19-34-17-10-11-22-39(23-21-36-25-31(39)3)28-33-14-8-5-9-15-33/h4-9,12-15,29-31,34-37H,10-11,16-28H2,1-3H3. The Morgan fingerprint density at radius 1 is 0.897 bits per heavy atom. The molecule has 0 bridgehead atoms. The Hall–Kier alpha value is -1.02. The molecule has 2 aromatic carbocycles. The zero-order chi connectivity index (χ0) is 27.6. The van der Waals surface area contributed by atoms with E-state index in [9.17, 15) is 0 Å². The van der Waals surface area contributed by atoms with E-state index in [0.717, 1.165) is 43.7 Å². The predicted octanol–water partition coefficient (Wildman–Crippen LogP) is 5.88. The molecule has 1 fully saturated rings. The van der Waals surface area contributed by atoms with Crippen molar-refractivity contribution in [3.8, 4) is 0 Å². The smallest absolute Gasteiger partial charge is 0.0185 e. The maximum absolute atomic E-state index is 3.71. The van der Waals surface area contributed by atoms with Gasteiger partial charge in [0.25, 0.3) is 0 Å². The van der Waals surface area contributed by atoms with E-state index >= 15 is 0 Å². The number of thioether (sulfide) groups is 1. The zero-order valence-electron chi connectivity index (χ0n) is 24.9. The molecule has 0 aliphatic carbocycles. The lowest BCUT2D eigenvalue weighted by molar-refractivity contribution is 0.448. The van der Waals surface area contributed by atoms with Crippen LogP contribution in [0.4, 0.5) is 0 Å². The molecule has 6 heteroatoms. The minimum absolute atomic E-state index is 0.566. The molecule has 3 rings (SSSR count). The first-order valence-corrected chi connectivity index (χ1v) is 18.7. The summed E-state index contributed by atoms with van der Waals surface area (Å²) in [4.78, 5) is 0. The number of hydrogen-bond donors (Lipinski definition) is 4. The molecule has 1 heterocycles. The normalized spacial score (nSPS) is 22.7. The van der Waals surface area contributed by atoms with Gasteiger partial charge in [0.1, 0.15) is 0 Å². The number of rotatable bonds is 20. The fourth-order valence-electron chi connectivity index (χ4n) is 5.41. The highest BCUT2D eigenvalue weighted by Crippen LogP contribution is 2.56. The molecule has 220 valence electrons. The first-order valence-electron chi connectivity index (χ1n) is 15.3. The largest absolute Gasteiger partial charge is 0.315 e. The second kappa shape index (κ2) is 19.2. The average molecular weight is 573 g/mol. The summed E-state index contributed by atoms with van der Waals surface area (Å²) in [5.41, 5.74) is 2.96. The van der Waals surface area contributed by atoms with Crippen molar-refractivity contribution in [1.29, 1.82) is 0 Å². The molecule has 39 heavy (non-hydrogen) atoms. The quantitative estimate of drug-likeness (QED) is 0.149. The van der Waals surface area contributed by atoms with Crippen LogP contribution in [0.1, 0.15) is 51.2 Å². The predicted molar refractivity (Wildman–Crippen MR) is 179 cm³/mol. The maximum atomic E-state index is 3.71. The Labute approximate surface area is 246 Å². The second-order valence-electron chi connectivity index (χ2n) is 11.6. The molecule has 0 radical (unpaired) electrons. The van der Waals surface area contributed by atoms with E-state index in [1.54, 1.807) is 5.56 Å². The van der Waals surface area contributed by atoms with Crippen molar-refractivity contribution in [2.45, 2.75) is 62.8 Å². The van der Waals surface area contributed by atoms with Crippen LogP contribution in [0.25, 0.3) is 0 Å². The highest BCUT2D eigenvalue weighted by atomic mass is 32.3. The minimum atomic E-state index is -0.579. The Kier molecular flexibility index (Phi) is 16.0. The van der Waals surface area contributed by atoms with E-state index in [0.29, 0.717) is 12.0 Å². The van der Waals surface area contributed by atoms with E-state index in [-0.39, 0.29) is 0 Å². The number of hydrogen-bond acceptors (Lipinski definition) is 5. The van der Waals surface area contributed by atoms with Gasteiger partial charge in [-0.15, -0.1) is 0 Å². The Morgan fingerprint density at radius 3 is 2.36 bits per heavy atom. The first-order chi connectivity index (χ1) is 19.1. The van der Waals surface area contributed by atoms with Crippen LogP contribution < -0.4 is 21.3 Å². The summed E-state index contributed by atoms with van der Waals surface area (Å²) in [5.74, 6) is 7.11. The molecule has 0 saturated carbocycles. The molecule has 0 aromatic heterocycles. The lowest BCUT2D eigenvalue weighted by Gasteiger charge is -2.49. The summed E-state index contributed by atoms with van der Waals surface area (Å²) >= 11 is 2.02. The number of nitrogens with one attached hydrogen (secondary N) is 4.